The molecule has 0 radical (unpaired) electrons. The van der Waals surface area contributed by atoms with Gasteiger partial charge in [-0.15, -0.1) is 0 Å². The van der Waals surface area contributed by atoms with Crippen LogP contribution in [-0.2, 0) is 23.8 Å². The lowest BCUT2D eigenvalue weighted by Crippen LogP contribution is -2.30. The zero-order valence-corrected chi connectivity index (χ0v) is 44.8. The molecule has 0 bridgehead atoms. The van der Waals surface area contributed by atoms with Crippen LogP contribution in [0.3, 0.4) is 0 Å². The van der Waals surface area contributed by atoms with Gasteiger partial charge in [-0.2, -0.15) is 0 Å². The topological polar surface area (TPSA) is 61.8 Å². The molecule has 0 aromatic heterocycles. The number of carbonyl (C=O) groups excluding carboxylic acids is 2. The molecule has 0 aliphatic heterocycles. The number of carbonyl (C=O) groups is 2. The molecule has 0 aromatic carbocycles. The van der Waals surface area contributed by atoms with Crippen LogP contribution in [0.5, 0.6) is 0 Å². The first-order valence-electron chi connectivity index (χ1n) is 28.8. The fourth-order valence-corrected chi connectivity index (χ4v) is 7.91. The van der Waals surface area contributed by atoms with E-state index in [9.17, 15) is 9.59 Å². The molecule has 5 heteroatoms. The second-order valence-electron chi connectivity index (χ2n) is 18.8. The highest BCUT2D eigenvalue weighted by Gasteiger charge is 2.17. The normalized spacial score (nSPS) is 12.9. The summed E-state index contributed by atoms with van der Waals surface area (Å²) in [5, 5.41) is 0. The summed E-state index contributed by atoms with van der Waals surface area (Å²) < 4.78 is 17.4. The smallest absolute Gasteiger partial charge is 0.306 e. The maximum Gasteiger partial charge on any atom is 0.306 e. The molecule has 0 aliphatic rings. The summed E-state index contributed by atoms with van der Waals surface area (Å²) in [6.45, 7) is 7.56. The number of unbranched alkanes of at least 4 members (excludes halogenated alkanes) is 25. The van der Waals surface area contributed by atoms with Gasteiger partial charge in [-0.25, -0.2) is 0 Å². The quantitative estimate of drug-likeness (QED) is 0.0345. The van der Waals surface area contributed by atoms with Crippen LogP contribution in [0.4, 0.5) is 0 Å². The van der Waals surface area contributed by atoms with Crippen LogP contribution in [0.1, 0.15) is 265 Å². The third kappa shape index (κ3) is 55.4. The van der Waals surface area contributed by atoms with Gasteiger partial charge in [0.1, 0.15) is 6.61 Å². The summed E-state index contributed by atoms with van der Waals surface area (Å²) >= 11 is 0. The predicted octanol–water partition coefficient (Wildman–Crippen LogP) is 19.8. The minimum absolute atomic E-state index is 0.0495. The first-order valence-corrected chi connectivity index (χ1v) is 28.8. The Kier molecular flexibility index (Phi) is 55.4. The summed E-state index contributed by atoms with van der Waals surface area (Å²) in [4.78, 5) is 25.5. The van der Waals surface area contributed by atoms with E-state index in [-0.39, 0.29) is 25.2 Å². The van der Waals surface area contributed by atoms with Crippen molar-refractivity contribution >= 4 is 11.9 Å². The maximum atomic E-state index is 12.9. The Hall–Kier alpha value is -3.18. The van der Waals surface area contributed by atoms with E-state index >= 15 is 0 Å². The molecule has 68 heavy (non-hydrogen) atoms. The average Bonchev–Trinajstić information content (AvgIpc) is 3.34. The molecule has 0 spiro atoms. The summed E-state index contributed by atoms with van der Waals surface area (Å²) in [6.07, 6.45) is 78.6. The molecule has 0 heterocycles. The van der Waals surface area contributed by atoms with Crippen molar-refractivity contribution < 1.29 is 23.8 Å². The van der Waals surface area contributed by atoms with Gasteiger partial charge in [0.15, 0.2) is 6.10 Å². The van der Waals surface area contributed by atoms with Gasteiger partial charge in [-0.05, 0) is 89.9 Å². The fourth-order valence-electron chi connectivity index (χ4n) is 7.91. The zero-order chi connectivity index (χ0) is 49.2. The number of hydrogen-bond donors (Lipinski definition) is 0. The highest BCUT2D eigenvalue weighted by atomic mass is 16.6. The van der Waals surface area contributed by atoms with Gasteiger partial charge >= 0.3 is 11.9 Å². The molecule has 5 nitrogen and oxygen atoms in total. The van der Waals surface area contributed by atoms with Crippen molar-refractivity contribution in [2.75, 3.05) is 19.8 Å². The van der Waals surface area contributed by atoms with Crippen LogP contribution in [0.15, 0.2) is 97.2 Å². The van der Waals surface area contributed by atoms with Crippen LogP contribution in [0.25, 0.3) is 0 Å². The molecular weight excluding hydrogens is 837 g/mol. The summed E-state index contributed by atoms with van der Waals surface area (Å²) in [5.41, 5.74) is 0. The van der Waals surface area contributed by atoms with Gasteiger partial charge < -0.3 is 14.2 Å². The Labute approximate surface area is 422 Å². The molecule has 1 atom stereocenters. The first kappa shape index (κ1) is 64.8. The largest absolute Gasteiger partial charge is 0.462 e. The molecule has 0 saturated heterocycles. The van der Waals surface area contributed by atoms with E-state index in [1.807, 2.05) is 0 Å². The van der Waals surface area contributed by atoms with Gasteiger partial charge in [0.2, 0.25) is 0 Å². The predicted molar refractivity (Wildman–Crippen MR) is 297 cm³/mol. The van der Waals surface area contributed by atoms with Crippen molar-refractivity contribution in [2.45, 2.75) is 271 Å². The zero-order valence-electron chi connectivity index (χ0n) is 44.8. The second kappa shape index (κ2) is 58.1. The summed E-state index contributed by atoms with van der Waals surface area (Å²) in [7, 11) is 0. The van der Waals surface area contributed by atoms with Gasteiger partial charge in [-0.1, -0.05) is 259 Å². The number of rotatable bonds is 52. The van der Waals surface area contributed by atoms with Crippen molar-refractivity contribution in [1.82, 2.24) is 0 Å². The van der Waals surface area contributed by atoms with E-state index < -0.39 is 6.10 Å². The highest BCUT2D eigenvalue weighted by Crippen LogP contribution is 2.16. The Morgan fingerprint density at radius 3 is 1.10 bits per heavy atom. The Balaban J connectivity index is 4.37. The molecule has 0 N–H and O–H groups in total. The minimum atomic E-state index is -0.569. The van der Waals surface area contributed by atoms with Gasteiger partial charge in [-0.3, -0.25) is 9.59 Å². The number of hydrogen-bond acceptors (Lipinski definition) is 5. The van der Waals surface area contributed by atoms with Crippen molar-refractivity contribution in [3.8, 4) is 0 Å². The first-order chi connectivity index (χ1) is 33.6. The van der Waals surface area contributed by atoms with Gasteiger partial charge in [0, 0.05) is 19.4 Å². The summed E-state index contributed by atoms with van der Waals surface area (Å²) in [6, 6.07) is 0. The second-order valence-corrected chi connectivity index (χ2v) is 18.8. The maximum absolute atomic E-state index is 12.9. The van der Waals surface area contributed by atoms with Crippen LogP contribution in [0.2, 0.25) is 0 Å². The SMILES string of the molecule is CC/C=C\C/C=C\C/C=C\C/C=C\C/C=C\CCCC(=O)OCC(COCCCCCCCCCCCCCCCCCCCC)OC(=O)CCCCCCCCC/C=C\C/C=C\C/C=C\CC. The molecule has 1 unspecified atom stereocenters. The molecule has 0 saturated carbocycles. The van der Waals surface area contributed by atoms with Crippen LogP contribution >= 0.6 is 0 Å². The lowest BCUT2D eigenvalue weighted by atomic mass is 10.0. The lowest BCUT2D eigenvalue weighted by Gasteiger charge is -2.18. The third-order valence-electron chi connectivity index (χ3n) is 12.1. The van der Waals surface area contributed by atoms with E-state index in [4.69, 9.17) is 14.2 Å². The molecule has 0 amide bonds. The molecule has 0 aliphatic carbocycles. The highest BCUT2D eigenvalue weighted by molar-refractivity contribution is 5.70. The van der Waals surface area contributed by atoms with E-state index in [0.717, 1.165) is 103 Å². The van der Waals surface area contributed by atoms with E-state index in [1.54, 1.807) is 0 Å². The summed E-state index contributed by atoms with van der Waals surface area (Å²) in [5.74, 6) is -0.471. The average molecular weight is 946 g/mol. The Morgan fingerprint density at radius 2 is 0.676 bits per heavy atom. The number of allylic oxidation sites excluding steroid dienone is 16. The van der Waals surface area contributed by atoms with Crippen molar-refractivity contribution in [1.29, 1.82) is 0 Å². The fraction of sp³-hybridized carbons (Fsp3) is 0.714. The van der Waals surface area contributed by atoms with Crippen LogP contribution < -0.4 is 0 Å². The monoisotopic (exact) mass is 945 g/mol. The lowest BCUT2D eigenvalue weighted by molar-refractivity contribution is -0.163. The van der Waals surface area contributed by atoms with E-state index in [0.29, 0.717) is 19.4 Å². The number of esters is 2. The van der Waals surface area contributed by atoms with Crippen LogP contribution in [0, 0.1) is 0 Å². The van der Waals surface area contributed by atoms with Crippen molar-refractivity contribution in [3.05, 3.63) is 97.2 Å². The van der Waals surface area contributed by atoms with Gasteiger partial charge in [0.05, 0.1) is 6.61 Å². The minimum Gasteiger partial charge on any atom is -0.462 e. The molecule has 390 valence electrons. The van der Waals surface area contributed by atoms with Crippen molar-refractivity contribution in [2.24, 2.45) is 0 Å². The third-order valence-corrected chi connectivity index (χ3v) is 12.1. The Bertz CT molecular complexity index is 1300. The molecule has 0 fully saturated rings. The molecule has 0 aromatic rings. The standard InChI is InChI=1S/C63H108O5/c1-4-7-10-13-16-19-22-25-28-31-34-37-40-43-46-49-52-55-58-66-59-61(68-63(65)57-54-51-48-45-42-39-36-33-30-27-24-21-18-15-12-9-6-3)60-67-62(64)56-53-50-47-44-41-38-35-32-29-26-23-20-17-14-11-8-5-2/h8-9,11-12,17-18,20-21,26-27,29-30,35,38,44,47,61H,4-7,10,13-16,19,22-25,28,31-34,36-37,39-43,45-46,48-60H2,1-3H3/b11-8-,12-9-,20-17-,21-18-,29-26-,30-27-,38-35-,47-44-. The van der Waals surface area contributed by atoms with E-state index in [1.165, 1.54) is 128 Å². The number of ether oxygens (including phenoxy) is 3. The molecule has 0 rings (SSSR count). The molecular formula is C63H108O5. The van der Waals surface area contributed by atoms with Crippen LogP contribution in [-0.4, -0.2) is 37.9 Å². The van der Waals surface area contributed by atoms with E-state index in [2.05, 4.69) is 118 Å². The van der Waals surface area contributed by atoms with Crippen molar-refractivity contribution in [3.63, 3.8) is 0 Å². The Morgan fingerprint density at radius 1 is 0.338 bits per heavy atom. The van der Waals surface area contributed by atoms with Gasteiger partial charge in [0.25, 0.3) is 0 Å².